The fourth-order valence-electron chi connectivity index (χ4n) is 1.72. The molecular formula is C13H16N4O3. The molecule has 1 aromatic heterocycles. The summed E-state index contributed by atoms with van der Waals surface area (Å²) in [4.78, 5) is 15.9. The average molecular weight is 276 g/mol. The van der Waals surface area contributed by atoms with E-state index in [9.17, 15) is 4.79 Å². The van der Waals surface area contributed by atoms with Gasteiger partial charge in [-0.25, -0.2) is 4.79 Å². The maximum Gasteiger partial charge on any atom is 0.340 e. The fourth-order valence-corrected chi connectivity index (χ4v) is 1.72. The van der Waals surface area contributed by atoms with Crippen LogP contribution in [0.25, 0.3) is 0 Å². The first-order valence-corrected chi connectivity index (χ1v) is 6.20. The third kappa shape index (κ3) is 3.05. The van der Waals surface area contributed by atoms with Gasteiger partial charge in [0.25, 0.3) is 0 Å². The zero-order valence-corrected chi connectivity index (χ0v) is 11.3. The molecule has 1 aromatic carbocycles. The number of carbonyl (C=O) groups excluding carboxylic acids is 1. The zero-order chi connectivity index (χ0) is 14.5. The molecule has 0 atom stereocenters. The van der Waals surface area contributed by atoms with Gasteiger partial charge >= 0.3 is 5.97 Å². The molecule has 106 valence electrons. The minimum absolute atomic E-state index is 0.279. The lowest BCUT2D eigenvalue weighted by atomic mass is 10.1. The monoisotopic (exact) mass is 276 g/mol. The fraction of sp³-hybridized carbons (Fsp3) is 0.308. The highest BCUT2D eigenvalue weighted by Gasteiger charge is 2.15. The van der Waals surface area contributed by atoms with Gasteiger partial charge in [0.2, 0.25) is 5.89 Å². The number of nitrogen functional groups attached to an aromatic ring is 1. The smallest absolute Gasteiger partial charge is 0.340 e. The number of esters is 1. The van der Waals surface area contributed by atoms with Crippen molar-refractivity contribution in [1.29, 1.82) is 0 Å². The number of aryl methyl sites for hydroxylation is 1. The van der Waals surface area contributed by atoms with E-state index < -0.39 is 5.97 Å². The van der Waals surface area contributed by atoms with Gasteiger partial charge in [-0.05, 0) is 26.0 Å². The molecule has 0 aliphatic rings. The summed E-state index contributed by atoms with van der Waals surface area (Å²) >= 11 is 0. The normalized spacial score (nSPS) is 10.3. The molecule has 0 saturated carbocycles. The lowest BCUT2D eigenvalue weighted by Crippen LogP contribution is -2.11. The van der Waals surface area contributed by atoms with Crippen molar-refractivity contribution in [3.05, 3.63) is 35.5 Å². The van der Waals surface area contributed by atoms with Gasteiger partial charge in [-0.2, -0.15) is 4.98 Å². The first-order valence-electron chi connectivity index (χ1n) is 6.20. The Kier molecular flexibility index (Phi) is 4.19. The molecule has 2 rings (SSSR count). The number of hydrogen-bond acceptors (Lipinski definition) is 7. The topological polar surface area (TPSA) is 103 Å². The van der Waals surface area contributed by atoms with E-state index in [1.807, 2.05) is 0 Å². The average Bonchev–Trinajstić information content (AvgIpc) is 2.83. The highest BCUT2D eigenvalue weighted by Crippen LogP contribution is 2.24. The molecule has 0 saturated heterocycles. The number of para-hydroxylation sites is 1. The van der Waals surface area contributed by atoms with Crippen LogP contribution in [0.3, 0.4) is 0 Å². The Bertz CT molecular complexity index is 609. The van der Waals surface area contributed by atoms with Gasteiger partial charge in [0.15, 0.2) is 5.82 Å². The Hall–Kier alpha value is -2.57. The molecule has 0 aliphatic heterocycles. The van der Waals surface area contributed by atoms with Gasteiger partial charge in [0.1, 0.15) is 0 Å². The molecule has 1 heterocycles. The third-order valence-electron chi connectivity index (χ3n) is 2.58. The molecule has 0 radical (unpaired) electrons. The Morgan fingerprint density at radius 3 is 2.95 bits per heavy atom. The van der Waals surface area contributed by atoms with E-state index in [0.717, 1.165) is 0 Å². The minimum atomic E-state index is -0.427. The molecule has 2 aromatic rings. The standard InChI is InChI=1S/C13H16N4O3/c1-3-19-13(18)9-5-4-6-10(14)12(9)15-7-11-16-8(2)17-20-11/h4-6,15H,3,7,14H2,1-2H3. The van der Waals surface area contributed by atoms with Crippen LogP contribution < -0.4 is 11.1 Å². The quantitative estimate of drug-likeness (QED) is 0.633. The van der Waals surface area contributed by atoms with Crippen molar-refractivity contribution in [3.63, 3.8) is 0 Å². The summed E-state index contributed by atoms with van der Waals surface area (Å²) in [7, 11) is 0. The summed E-state index contributed by atoms with van der Waals surface area (Å²) in [6.07, 6.45) is 0. The van der Waals surface area contributed by atoms with Crippen LogP contribution in [-0.2, 0) is 11.3 Å². The number of nitrogens with two attached hydrogens (primary N) is 1. The molecule has 0 amide bonds. The molecule has 0 spiro atoms. The van der Waals surface area contributed by atoms with Crippen molar-refractivity contribution in [3.8, 4) is 0 Å². The first-order chi connectivity index (χ1) is 9.61. The van der Waals surface area contributed by atoms with E-state index >= 15 is 0 Å². The number of nitrogens with one attached hydrogen (secondary N) is 1. The molecule has 0 bridgehead atoms. The number of carbonyl (C=O) groups is 1. The Morgan fingerprint density at radius 2 is 2.30 bits per heavy atom. The Morgan fingerprint density at radius 1 is 1.50 bits per heavy atom. The van der Waals surface area contributed by atoms with E-state index in [1.165, 1.54) is 0 Å². The van der Waals surface area contributed by atoms with Crippen molar-refractivity contribution in [2.75, 3.05) is 17.7 Å². The summed E-state index contributed by atoms with van der Waals surface area (Å²) in [5.74, 6) is 0.540. The van der Waals surface area contributed by atoms with Crippen LogP contribution in [-0.4, -0.2) is 22.7 Å². The van der Waals surface area contributed by atoms with Crippen LogP contribution in [0.15, 0.2) is 22.7 Å². The number of aromatic nitrogens is 2. The second-order valence-corrected chi connectivity index (χ2v) is 4.08. The predicted octanol–water partition coefficient (Wildman–Crippen LogP) is 1.75. The number of rotatable bonds is 5. The lowest BCUT2D eigenvalue weighted by Gasteiger charge is -2.12. The van der Waals surface area contributed by atoms with Gasteiger partial charge in [0.05, 0.1) is 30.1 Å². The summed E-state index contributed by atoms with van der Waals surface area (Å²) < 4.78 is 9.99. The maximum atomic E-state index is 11.9. The first kappa shape index (κ1) is 13.9. The van der Waals surface area contributed by atoms with E-state index in [4.69, 9.17) is 15.0 Å². The summed E-state index contributed by atoms with van der Waals surface area (Å²) in [6.45, 7) is 4.06. The van der Waals surface area contributed by atoms with Crippen molar-refractivity contribution in [2.45, 2.75) is 20.4 Å². The number of anilines is 2. The van der Waals surface area contributed by atoms with Crippen LogP contribution in [0.1, 0.15) is 29.0 Å². The van der Waals surface area contributed by atoms with E-state index in [1.54, 1.807) is 32.0 Å². The van der Waals surface area contributed by atoms with Crippen LogP contribution in [0, 0.1) is 6.92 Å². The number of hydrogen-bond donors (Lipinski definition) is 2. The van der Waals surface area contributed by atoms with Crippen LogP contribution >= 0.6 is 0 Å². The molecule has 0 unspecified atom stereocenters. The van der Waals surface area contributed by atoms with Gasteiger partial charge in [-0.1, -0.05) is 11.2 Å². The highest BCUT2D eigenvalue weighted by atomic mass is 16.5. The van der Waals surface area contributed by atoms with Crippen LogP contribution in [0.5, 0.6) is 0 Å². The van der Waals surface area contributed by atoms with Gasteiger partial charge in [-0.3, -0.25) is 0 Å². The predicted molar refractivity (Wildman–Crippen MR) is 73.2 cm³/mol. The number of benzene rings is 1. The Labute approximate surface area is 116 Å². The zero-order valence-electron chi connectivity index (χ0n) is 11.3. The lowest BCUT2D eigenvalue weighted by molar-refractivity contribution is 0.0527. The van der Waals surface area contributed by atoms with E-state index in [0.29, 0.717) is 35.3 Å². The highest BCUT2D eigenvalue weighted by molar-refractivity contribution is 5.98. The van der Waals surface area contributed by atoms with Crippen molar-refractivity contribution >= 4 is 17.3 Å². The Balaban J connectivity index is 2.19. The second-order valence-electron chi connectivity index (χ2n) is 4.08. The molecule has 7 heteroatoms. The second kappa shape index (κ2) is 6.05. The number of nitrogens with zero attached hydrogens (tertiary/aromatic N) is 2. The van der Waals surface area contributed by atoms with Gasteiger partial charge < -0.3 is 20.3 Å². The largest absolute Gasteiger partial charge is 0.462 e. The van der Waals surface area contributed by atoms with Crippen LogP contribution in [0.2, 0.25) is 0 Å². The molecule has 0 aliphatic carbocycles. The molecule has 3 N–H and O–H groups in total. The van der Waals surface area contributed by atoms with Crippen molar-refractivity contribution in [1.82, 2.24) is 10.1 Å². The maximum absolute atomic E-state index is 11.9. The van der Waals surface area contributed by atoms with Crippen molar-refractivity contribution < 1.29 is 14.1 Å². The van der Waals surface area contributed by atoms with Gasteiger partial charge in [-0.15, -0.1) is 0 Å². The van der Waals surface area contributed by atoms with E-state index in [2.05, 4.69) is 15.5 Å². The third-order valence-corrected chi connectivity index (χ3v) is 2.58. The van der Waals surface area contributed by atoms with E-state index in [-0.39, 0.29) is 6.54 Å². The van der Waals surface area contributed by atoms with Crippen molar-refractivity contribution in [2.24, 2.45) is 0 Å². The van der Waals surface area contributed by atoms with Gasteiger partial charge in [0, 0.05) is 0 Å². The molecule has 7 nitrogen and oxygen atoms in total. The summed E-state index contributed by atoms with van der Waals surface area (Å²) in [6, 6.07) is 5.05. The molecule has 0 fully saturated rings. The minimum Gasteiger partial charge on any atom is -0.462 e. The summed E-state index contributed by atoms with van der Waals surface area (Å²) in [5, 5.41) is 6.72. The SMILES string of the molecule is CCOC(=O)c1cccc(N)c1NCc1nc(C)no1. The van der Waals surface area contributed by atoms with Crippen LogP contribution in [0.4, 0.5) is 11.4 Å². The molecule has 20 heavy (non-hydrogen) atoms. The summed E-state index contributed by atoms with van der Waals surface area (Å²) in [5.41, 5.74) is 7.22. The number of ether oxygens (including phenoxy) is 1. The molecular weight excluding hydrogens is 260 g/mol.